The summed E-state index contributed by atoms with van der Waals surface area (Å²) in [7, 11) is -3.52. The molecule has 0 amide bonds. The van der Waals surface area contributed by atoms with E-state index in [4.69, 9.17) is 5.73 Å². The number of nitrogens with one attached hydrogen (secondary N) is 1. The van der Waals surface area contributed by atoms with Gasteiger partial charge in [-0.3, -0.25) is 4.98 Å². The zero-order valence-corrected chi connectivity index (χ0v) is 13.0. The van der Waals surface area contributed by atoms with Crippen LogP contribution in [0.2, 0.25) is 0 Å². The lowest BCUT2D eigenvalue weighted by Gasteiger charge is -2.30. The molecule has 1 heterocycles. The van der Waals surface area contributed by atoms with Gasteiger partial charge < -0.3 is 5.73 Å². The van der Waals surface area contributed by atoms with Gasteiger partial charge in [0.25, 0.3) is 0 Å². The molecule has 0 bridgehead atoms. The third-order valence-electron chi connectivity index (χ3n) is 3.51. The topological polar surface area (TPSA) is 85.1 Å². The predicted octanol–water partition coefficient (Wildman–Crippen LogP) is 1.64. The van der Waals surface area contributed by atoms with Crippen molar-refractivity contribution in [2.45, 2.75) is 36.6 Å². The van der Waals surface area contributed by atoms with E-state index in [2.05, 4.69) is 25.6 Å². The van der Waals surface area contributed by atoms with Crippen molar-refractivity contribution < 1.29 is 8.42 Å². The van der Waals surface area contributed by atoms with E-state index in [9.17, 15) is 8.42 Å². The molecule has 0 aliphatic heterocycles. The molecule has 106 valence electrons. The summed E-state index contributed by atoms with van der Waals surface area (Å²) >= 11 is 3.23. The van der Waals surface area contributed by atoms with Gasteiger partial charge in [-0.15, -0.1) is 0 Å². The maximum atomic E-state index is 12.3. The van der Waals surface area contributed by atoms with E-state index in [-0.39, 0.29) is 16.9 Å². The van der Waals surface area contributed by atoms with Gasteiger partial charge in [-0.05, 0) is 47.3 Å². The quantitative estimate of drug-likeness (QED) is 0.866. The second-order valence-corrected chi connectivity index (χ2v) is 7.48. The Morgan fingerprint density at radius 2 is 2.11 bits per heavy atom. The Morgan fingerprint density at radius 1 is 1.37 bits per heavy atom. The zero-order valence-electron chi connectivity index (χ0n) is 10.5. The molecular weight excluding hydrogens is 330 g/mol. The van der Waals surface area contributed by atoms with Crippen LogP contribution in [0.1, 0.15) is 25.7 Å². The van der Waals surface area contributed by atoms with Gasteiger partial charge in [0.2, 0.25) is 10.0 Å². The van der Waals surface area contributed by atoms with Gasteiger partial charge in [-0.1, -0.05) is 12.8 Å². The molecule has 1 aromatic heterocycles. The second kappa shape index (κ2) is 6.30. The van der Waals surface area contributed by atoms with E-state index in [1.807, 2.05) is 0 Å². The fourth-order valence-electron chi connectivity index (χ4n) is 2.45. The molecule has 1 saturated carbocycles. The van der Waals surface area contributed by atoms with Crippen molar-refractivity contribution in [1.29, 1.82) is 0 Å². The van der Waals surface area contributed by atoms with Crippen LogP contribution in [0.4, 0.5) is 0 Å². The van der Waals surface area contributed by atoms with Crippen LogP contribution in [0.15, 0.2) is 27.8 Å². The Balaban J connectivity index is 2.16. The molecule has 7 heteroatoms. The summed E-state index contributed by atoms with van der Waals surface area (Å²) < 4.78 is 28.0. The summed E-state index contributed by atoms with van der Waals surface area (Å²) in [5.74, 6) is 0.226. The van der Waals surface area contributed by atoms with Crippen LogP contribution in [0.3, 0.4) is 0 Å². The fourth-order valence-corrected chi connectivity index (χ4v) is 4.29. The molecule has 1 aromatic rings. The maximum Gasteiger partial charge on any atom is 0.242 e. The van der Waals surface area contributed by atoms with E-state index >= 15 is 0 Å². The van der Waals surface area contributed by atoms with Crippen molar-refractivity contribution in [1.82, 2.24) is 9.71 Å². The Kier molecular flexibility index (Phi) is 4.94. The minimum atomic E-state index is -3.52. The summed E-state index contributed by atoms with van der Waals surface area (Å²) in [4.78, 5) is 4.08. The Hall–Kier alpha value is -0.500. The molecule has 2 unspecified atom stereocenters. The molecule has 2 atom stereocenters. The molecule has 19 heavy (non-hydrogen) atoms. The lowest BCUT2D eigenvalue weighted by Crippen LogP contribution is -2.44. The molecule has 5 nitrogen and oxygen atoms in total. The van der Waals surface area contributed by atoms with Crippen molar-refractivity contribution in [3.8, 4) is 0 Å². The van der Waals surface area contributed by atoms with Gasteiger partial charge in [0.15, 0.2) is 0 Å². The first-order valence-electron chi connectivity index (χ1n) is 6.36. The highest BCUT2D eigenvalue weighted by Gasteiger charge is 2.28. The van der Waals surface area contributed by atoms with Crippen LogP contribution in [0, 0.1) is 5.92 Å². The number of aromatic nitrogens is 1. The molecule has 0 aromatic carbocycles. The van der Waals surface area contributed by atoms with Crippen LogP contribution in [-0.2, 0) is 10.0 Å². The fraction of sp³-hybridized carbons (Fsp3) is 0.583. The zero-order chi connectivity index (χ0) is 13.9. The minimum Gasteiger partial charge on any atom is -0.330 e. The monoisotopic (exact) mass is 347 g/mol. The number of nitrogens with zero attached hydrogens (tertiary/aromatic N) is 1. The highest BCUT2D eigenvalue weighted by atomic mass is 79.9. The van der Waals surface area contributed by atoms with Crippen LogP contribution in [-0.4, -0.2) is 26.0 Å². The lowest BCUT2D eigenvalue weighted by atomic mass is 9.85. The first-order chi connectivity index (χ1) is 9.03. The summed E-state index contributed by atoms with van der Waals surface area (Å²) in [6.45, 7) is 0.518. The van der Waals surface area contributed by atoms with E-state index in [1.54, 1.807) is 12.3 Å². The van der Waals surface area contributed by atoms with E-state index < -0.39 is 10.0 Å². The largest absolute Gasteiger partial charge is 0.330 e. The van der Waals surface area contributed by atoms with Crippen LogP contribution in [0.5, 0.6) is 0 Å². The standard InChI is InChI=1S/C12H18BrN3O2S/c13-10-5-11(8-15-7-10)19(17,18)16-12-4-2-1-3-9(12)6-14/h5,7-9,12,16H,1-4,6,14H2. The summed E-state index contributed by atoms with van der Waals surface area (Å²) in [6.07, 6.45) is 6.91. The number of nitrogens with two attached hydrogens (primary N) is 1. The average Bonchev–Trinajstić information content (AvgIpc) is 2.39. The molecular formula is C12H18BrN3O2S. The Labute approximate surface area is 122 Å². The number of hydrogen-bond donors (Lipinski definition) is 2. The molecule has 2 rings (SSSR count). The van der Waals surface area contributed by atoms with Gasteiger partial charge >= 0.3 is 0 Å². The third kappa shape index (κ3) is 3.75. The molecule has 0 spiro atoms. The Morgan fingerprint density at radius 3 is 2.79 bits per heavy atom. The summed E-state index contributed by atoms with van der Waals surface area (Å²) in [5.41, 5.74) is 5.72. The SMILES string of the molecule is NCC1CCCCC1NS(=O)(=O)c1cncc(Br)c1. The molecule has 1 aliphatic carbocycles. The summed E-state index contributed by atoms with van der Waals surface area (Å²) in [6, 6.07) is 1.48. The van der Waals surface area contributed by atoms with Crippen molar-refractivity contribution in [3.05, 3.63) is 22.9 Å². The molecule has 1 fully saturated rings. The number of sulfonamides is 1. The van der Waals surface area contributed by atoms with Gasteiger partial charge in [-0.25, -0.2) is 13.1 Å². The van der Waals surface area contributed by atoms with Crippen molar-refractivity contribution in [2.75, 3.05) is 6.54 Å². The first kappa shape index (κ1) is 14.9. The molecule has 0 saturated heterocycles. The summed E-state index contributed by atoms with van der Waals surface area (Å²) in [5, 5.41) is 0. The predicted molar refractivity (Wildman–Crippen MR) is 77.1 cm³/mol. The normalized spacial score (nSPS) is 24.3. The van der Waals surface area contributed by atoms with Gasteiger partial charge in [-0.2, -0.15) is 0 Å². The number of hydrogen-bond acceptors (Lipinski definition) is 4. The molecule has 3 N–H and O–H groups in total. The highest BCUT2D eigenvalue weighted by Crippen LogP contribution is 2.25. The van der Waals surface area contributed by atoms with Crippen molar-refractivity contribution >= 4 is 26.0 Å². The second-order valence-electron chi connectivity index (χ2n) is 4.85. The molecule has 1 aliphatic rings. The van der Waals surface area contributed by atoms with E-state index in [1.165, 1.54) is 6.20 Å². The number of rotatable bonds is 4. The van der Waals surface area contributed by atoms with Crippen LogP contribution >= 0.6 is 15.9 Å². The lowest BCUT2D eigenvalue weighted by molar-refractivity contribution is 0.296. The minimum absolute atomic E-state index is 0.0669. The van der Waals surface area contributed by atoms with Crippen LogP contribution in [0.25, 0.3) is 0 Å². The molecule has 0 radical (unpaired) electrons. The van der Waals surface area contributed by atoms with Crippen molar-refractivity contribution in [3.63, 3.8) is 0 Å². The van der Waals surface area contributed by atoms with E-state index in [0.717, 1.165) is 25.7 Å². The van der Waals surface area contributed by atoms with E-state index in [0.29, 0.717) is 11.0 Å². The average molecular weight is 348 g/mol. The van der Waals surface area contributed by atoms with Crippen LogP contribution < -0.4 is 10.5 Å². The third-order valence-corrected chi connectivity index (χ3v) is 5.40. The number of halogens is 1. The van der Waals surface area contributed by atoms with Gasteiger partial charge in [0.1, 0.15) is 4.90 Å². The Bertz CT molecular complexity index is 536. The van der Waals surface area contributed by atoms with Crippen molar-refractivity contribution in [2.24, 2.45) is 11.7 Å². The first-order valence-corrected chi connectivity index (χ1v) is 8.63. The highest BCUT2D eigenvalue weighted by molar-refractivity contribution is 9.10. The maximum absolute atomic E-state index is 12.3. The van der Waals surface area contributed by atoms with Gasteiger partial charge in [0.05, 0.1) is 0 Å². The van der Waals surface area contributed by atoms with Gasteiger partial charge in [0, 0.05) is 22.9 Å². The smallest absolute Gasteiger partial charge is 0.242 e. The number of pyridine rings is 1.